The zero-order chi connectivity index (χ0) is 12.2. The molecule has 1 aromatic carbocycles. The van der Waals surface area contributed by atoms with Gasteiger partial charge in [-0.3, -0.25) is 0 Å². The number of nitriles is 1. The Labute approximate surface area is 91.5 Å². The molecule has 2 N–H and O–H groups in total. The Morgan fingerprint density at radius 3 is 2.50 bits per heavy atom. The van der Waals surface area contributed by atoms with Crippen molar-refractivity contribution in [3.05, 3.63) is 34.9 Å². The maximum Gasteiger partial charge on any atom is 0.416 e. The van der Waals surface area contributed by atoms with Gasteiger partial charge >= 0.3 is 6.18 Å². The van der Waals surface area contributed by atoms with E-state index in [1.807, 2.05) is 6.07 Å². The molecule has 86 valence electrons. The minimum Gasteiger partial charge on any atom is -0.326 e. The maximum atomic E-state index is 12.7. The molecule has 0 heterocycles. The fourth-order valence-electron chi connectivity index (χ4n) is 1.57. The van der Waals surface area contributed by atoms with Gasteiger partial charge < -0.3 is 5.73 Å². The molecule has 16 heavy (non-hydrogen) atoms. The van der Waals surface area contributed by atoms with Crippen LogP contribution in [0.3, 0.4) is 0 Å². The molecule has 0 spiro atoms. The van der Waals surface area contributed by atoms with Crippen molar-refractivity contribution in [1.82, 2.24) is 0 Å². The summed E-state index contributed by atoms with van der Waals surface area (Å²) in [7, 11) is 0. The molecule has 0 amide bonds. The molecule has 1 rings (SSSR count). The number of alkyl halides is 3. The summed E-state index contributed by atoms with van der Waals surface area (Å²) in [5.74, 6) is 0. The Kier molecular flexibility index (Phi) is 3.91. The maximum absolute atomic E-state index is 12.7. The minimum atomic E-state index is -4.39. The van der Waals surface area contributed by atoms with Crippen LogP contribution in [-0.2, 0) is 19.1 Å². The lowest BCUT2D eigenvalue weighted by Gasteiger charge is -2.15. The first-order valence-corrected chi connectivity index (χ1v) is 4.75. The summed E-state index contributed by atoms with van der Waals surface area (Å²) in [6, 6.07) is 5.75. The monoisotopic (exact) mass is 228 g/mol. The van der Waals surface area contributed by atoms with Gasteiger partial charge in [0.1, 0.15) is 0 Å². The van der Waals surface area contributed by atoms with Gasteiger partial charge in [-0.25, -0.2) is 0 Å². The van der Waals surface area contributed by atoms with E-state index in [4.69, 9.17) is 11.0 Å². The van der Waals surface area contributed by atoms with Crippen LogP contribution in [-0.4, -0.2) is 0 Å². The van der Waals surface area contributed by atoms with Crippen LogP contribution < -0.4 is 5.73 Å². The number of rotatable bonds is 3. The van der Waals surface area contributed by atoms with Crippen LogP contribution in [0.5, 0.6) is 0 Å². The van der Waals surface area contributed by atoms with Gasteiger partial charge in [0.05, 0.1) is 11.6 Å². The van der Waals surface area contributed by atoms with E-state index in [1.54, 1.807) is 6.07 Å². The highest BCUT2D eigenvalue weighted by molar-refractivity contribution is 5.37. The lowest BCUT2D eigenvalue weighted by atomic mass is 9.96. The summed E-state index contributed by atoms with van der Waals surface area (Å²) >= 11 is 0. The van der Waals surface area contributed by atoms with Crippen LogP contribution in [0.25, 0.3) is 0 Å². The fourth-order valence-corrected chi connectivity index (χ4v) is 1.57. The Balaban J connectivity index is 3.22. The molecule has 0 aromatic heterocycles. The highest BCUT2D eigenvalue weighted by Gasteiger charge is 2.33. The predicted octanol–water partition coefficient (Wildman–Crippen LogP) is 2.62. The van der Waals surface area contributed by atoms with E-state index in [0.29, 0.717) is 5.56 Å². The van der Waals surface area contributed by atoms with Crippen LogP contribution in [0.1, 0.15) is 23.1 Å². The van der Waals surface area contributed by atoms with Gasteiger partial charge in [0.2, 0.25) is 0 Å². The second-order valence-corrected chi connectivity index (χ2v) is 3.30. The zero-order valence-corrected chi connectivity index (χ0v) is 8.51. The van der Waals surface area contributed by atoms with Crippen molar-refractivity contribution in [3.63, 3.8) is 0 Å². The molecule has 0 aliphatic rings. The Morgan fingerprint density at radius 2 is 2.00 bits per heavy atom. The smallest absolute Gasteiger partial charge is 0.326 e. The molecule has 0 fully saturated rings. The van der Waals surface area contributed by atoms with Crippen molar-refractivity contribution in [2.75, 3.05) is 0 Å². The Hall–Kier alpha value is -1.54. The van der Waals surface area contributed by atoms with Gasteiger partial charge in [-0.1, -0.05) is 12.1 Å². The topological polar surface area (TPSA) is 49.8 Å². The van der Waals surface area contributed by atoms with E-state index in [-0.39, 0.29) is 24.9 Å². The Morgan fingerprint density at radius 1 is 1.31 bits per heavy atom. The van der Waals surface area contributed by atoms with Crippen molar-refractivity contribution in [2.45, 2.75) is 25.6 Å². The molecule has 0 aliphatic heterocycles. The lowest BCUT2D eigenvalue weighted by Crippen LogP contribution is -2.13. The fraction of sp³-hybridized carbons (Fsp3) is 0.364. The summed E-state index contributed by atoms with van der Waals surface area (Å²) in [6.45, 7) is 0.0463. The van der Waals surface area contributed by atoms with Crippen LogP contribution >= 0.6 is 0 Å². The summed E-state index contributed by atoms with van der Waals surface area (Å²) in [4.78, 5) is 0. The summed E-state index contributed by atoms with van der Waals surface area (Å²) in [5.41, 5.74) is 5.28. The van der Waals surface area contributed by atoms with Crippen molar-refractivity contribution in [3.8, 4) is 6.07 Å². The van der Waals surface area contributed by atoms with Crippen molar-refractivity contribution in [1.29, 1.82) is 5.26 Å². The average Bonchev–Trinajstić information content (AvgIpc) is 2.24. The molecule has 0 radical (unpaired) electrons. The average molecular weight is 228 g/mol. The summed E-state index contributed by atoms with van der Waals surface area (Å²) < 4.78 is 38.0. The minimum absolute atomic E-state index is 0.0463. The second kappa shape index (κ2) is 4.99. The van der Waals surface area contributed by atoms with E-state index < -0.39 is 11.7 Å². The molecule has 5 heteroatoms. The lowest BCUT2D eigenvalue weighted by molar-refractivity contribution is -0.138. The molecule has 0 aliphatic carbocycles. The molecule has 2 nitrogen and oxygen atoms in total. The molecule has 0 saturated carbocycles. The van der Waals surface area contributed by atoms with Crippen LogP contribution in [0.4, 0.5) is 13.2 Å². The number of nitrogens with two attached hydrogens (primary N) is 1. The molecule has 1 aromatic rings. The first kappa shape index (κ1) is 12.5. The van der Waals surface area contributed by atoms with E-state index in [0.717, 1.165) is 6.07 Å². The van der Waals surface area contributed by atoms with E-state index in [9.17, 15) is 13.2 Å². The van der Waals surface area contributed by atoms with Gasteiger partial charge in [0.15, 0.2) is 0 Å². The largest absolute Gasteiger partial charge is 0.416 e. The van der Waals surface area contributed by atoms with Crippen LogP contribution in [0.2, 0.25) is 0 Å². The van der Waals surface area contributed by atoms with E-state index >= 15 is 0 Å². The van der Waals surface area contributed by atoms with Crippen LogP contribution in [0.15, 0.2) is 18.2 Å². The number of benzene rings is 1. The molecular formula is C11H11F3N2. The van der Waals surface area contributed by atoms with Gasteiger partial charge in [-0.15, -0.1) is 0 Å². The van der Waals surface area contributed by atoms with Gasteiger partial charge in [0.25, 0.3) is 0 Å². The van der Waals surface area contributed by atoms with E-state index in [2.05, 4.69) is 0 Å². The zero-order valence-electron chi connectivity index (χ0n) is 8.51. The SMILES string of the molecule is N#CCCc1c(CN)cccc1C(F)(F)F. The number of nitrogens with zero attached hydrogens (tertiary/aromatic N) is 1. The first-order chi connectivity index (χ1) is 7.50. The predicted molar refractivity (Wildman–Crippen MR) is 53.3 cm³/mol. The standard InChI is InChI=1S/C11H11F3N2/c12-11(13,14)10-5-1-3-8(7-16)9(10)4-2-6-15/h1,3,5H,2,4,7,16H2. The highest BCUT2D eigenvalue weighted by Crippen LogP contribution is 2.33. The van der Waals surface area contributed by atoms with Crippen LogP contribution in [0, 0.1) is 11.3 Å². The number of hydrogen-bond donors (Lipinski definition) is 1. The Bertz CT molecular complexity index is 405. The molecule has 0 atom stereocenters. The summed E-state index contributed by atoms with van der Waals surface area (Å²) in [5, 5.41) is 8.42. The first-order valence-electron chi connectivity index (χ1n) is 4.75. The molecular weight excluding hydrogens is 217 g/mol. The molecule has 0 bridgehead atoms. The molecule has 0 unspecified atom stereocenters. The van der Waals surface area contributed by atoms with E-state index in [1.165, 1.54) is 6.07 Å². The normalized spacial score (nSPS) is 11.2. The van der Waals surface area contributed by atoms with Gasteiger partial charge in [0, 0.05) is 13.0 Å². The third-order valence-electron chi connectivity index (χ3n) is 2.29. The summed E-state index contributed by atoms with van der Waals surface area (Å²) in [6.07, 6.45) is -4.26. The van der Waals surface area contributed by atoms with Crippen molar-refractivity contribution < 1.29 is 13.2 Å². The van der Waals surface area contributed by atoms with Crippen molar-refractivity contribution in [2.24, 2.45) is 5.73 Å². The third kappa shape index (κ3) is 2.74. The highest BCUT2D eigenvalue weighted by atomic mass is 19.4. The van der Waals surface area contributed by atoms with Gasteiger partial charge in [-0.05, 0) is 23.6 Å². The number of hydrogen-bond acceptors (Lipinski definition) is 2. The quantitative estimate of drug-likeness (QED) is 0.864. The van der Waals surface area contributed by atoms with Gasteiger partial charge in [-0.2, -0.15) is 18.4 Å². The second-order valence-electron chi connectivity index (χ2n) is 3.30. The third-order valence-corrected chi connectivity index (χ3v) is 2.29. The van der Waals surface area contributed by atoms with Crippen molar-refractivity contribution >= 4 is 0 Å². The molecule has 0 saturated heterocycles. The number of halogens is 3.